The number of hydrogen-bond donors (Lipinski definition) is 4. The lowest BCUT2D eigenvalue weighted by Gasteiger charge is -2.45. The fraction of sp³-hybridized carbons (Fsp3) is 0.657. The fourth-order valence-electron chi connectivity index (χ4n) is 7.40. The van der Waals surface area contributed by atoms with Crippen LogP contribution < -0.4 is 10.6 Å². The molecule has 1 saturated carbocycles. The van der Waals surface area contributed by atoms with Crippen molar-refractivity contribution < 1.29 is 19.7 Å². The highest BCUT2D eigenvalue weighted by molar-refractivity contribution is 6.34. The third kappa shape index (κ3) is 10.0. The van der Waals surface area contributed by atoms with Crippen molar-refractivity contribution in [2.24, 2.45) is 26.8 Å². The SMILES string of the molecule is CNC(O)NCC1CCN(CC2=CC(OC3C=NC(N4CCN(C5CC(C(=O)O)C5)CC4)=NCC3)=NC(c3cc(Cl)cc(Cl)c3)CC2)CC1. The number of aliphatic hydroxyl groups is 1. The molecule has 1 aliphatic carbocycles. The van der Waals surface area contributed by atoms with Gasteiger partial charge in [-0.05, 0) is 88.3 Å². The van der Waals surface area contributed by atoms with E-state index in [0.717, 1.165) is 102 Å². The summed E-state index contributed by atoms with van der Waals surface area (Å²) in [6, 6.07) is 5.86. The van der Waals surface area contributed by atoms with Crippen LogP contribution in [0, 0.1) is 11.8 Å². The Labute approximate surface area is 299 Å². The first-order chi connectivity index (χ1) is 23.7. The van der Waals surface area contributed by atoms with Crippen LogP contribution in [0.3, 0.4) is 0 Å². The highest BCUT2D eigenvalue weighted by Crippen LogP contribution is 2.34. The van der Waals surface area contributed by atoms with Crippen molar-refractivity contribution in [2.75, 3.05) is 66.0 Å². The number of carboxylic acids is 1. The number of aliphatic hydroxyl groups excluding tert-OH is 1. The number of piperidine rings is 1. The molecule has 0 amide bonds. The smallest absolute Gasteiger partial charge is 0.306 e. The predicted molar refractivity (Wildman–Crippen MR) is 194 cm³/mol. The summed E-state index contributed by atoms with van der Waals surface area (Å²) >= 11 is 12.8. The van der Waals surface area contributed by atoms with Gasteiger partial charge in [0, 0.05) is 80.6 Å². The Bertz CT molecular complexity index is 1400. The quantitative estimate of drug-likeness (QED) is 0.268. The van der Waals surface area contributed by atoms with Gasteiger partial charge >= 0.3 is 5.97 Å². The number of ether oxygens (including phenoxy) is 1. The second-order valence-corrected chi connectivity index (χ2v) is 14.8. The molecule has 6 rings (SSSR count). The summed E-state index contributed by atoms with van der Waals surface area (Å²) in [7, 11) is 1.74. The Morgan fingerprint density at radius 2 is 1.78 bits per heavy atom. The topological polar surface area (TPSA) is 138 Å². The minimum Gasteiger partial charge on any atom is -0.481 e. The van der Waals surface area contributed by atoms with Gasteiger partial charge < -0.3 is 19.8 Å². The van der Waals surface area contributed by atoms with Crippen LogP contribution in [0.5, 0.6) is 0 Å². The van der Waals surface area contributed by atoms with E-state index >= 15 is 0 Å². The molecule has 3 unspecified atom stereocenters. The molecule has 4 heterocycles. The maximum atomic E-state index is 11.2. The van der Waals surface area contributed by atoms with Gasteiger partial charge in [-0.15, -0.1) is 0 Å². The minimum absolute atomic E-state index is 0.136. The summed E-state index contributed by atoms with van der Waals surface area (Å²) in [5.41, 5.74) is 2.27. The Kier molecular flexibility index (Phi) is 12.6. The van der Waals surface area contributed by atoms with Crippen LogP contribution in [-0.4, -0.2) is 133 Å². The first-order valence-electron chi connectivity index (χ1n) is 17.7. The van der Waals surface area contributed by atoms with E-state index in [-0.39, 0.29) is 18.1 Å². The number of aliphatic imine (C=N–C) groups is 3. The Morgan fingerprint density at radius 1 is 1.04 bits per heavy atom. The maximum absolute atomic E-state index is 11.2. The summed E-state index contributed by atoms with van der Waals surface area (Å²) in [5.74, 6) is 1.02. The number of rotatable bonds is 10. The number of carbonyl (C=O) groups is 1. The van der Waals surface area contributed by atoms with Crippen molar-refractivity contribution in [3.63, 3.8) is 0 Å². The first kappa shape index (κ1) is 36.2. The Morgan fingerprint density at radius 3 is 2.47 bits per heavy atom. The van der Waals surface area contributed by atoms with Crippen molar-refractivity contribution in [1.82, 2.24) is 25.3 Å². The van der Waals surface area contributed by atoms with E-state index in [4.69, 9.17) is 42.9 Å². The summed E-state index contributed by atoms with van der Waals surface area (Å²) in [5, 5.41) is 26.2. The average Bonchev–Trinajstić information content (AvgIpc) is 3.42. The van der Waals surface area contributed by atoms with Crippen molar-refractivity contribution in [2.45, 2.75) is 69.5 Å². The summed E-state index contributed by atoms with van der Waals surface area (Å²) in [4.78, 5) is 33.1. The van der Waals surface area contributed by atoms with Crippen LogP contribution in [0.25, 0.3) is 0 Å². The van der Waals surface area contributed by atoms with E-state index in [2.05, 4.69) is 31.4 Å². The lowest BCUT2D eigenvalue weighted by atomic mass is 9.79. The number of carboxylic acid groups (broad SMARTS) is 1. The normalized spacial score (nSPS) is 28.1. The highest BCUT2D eigenvalue weighted by Gasteiger charge is 2.39. The zero-order chi connectivity index (χ0) is 34.3. The maximum Gasteiger partial charge on any atom is 0.306 e. The van der Waals surface area contributed by atoms with Gasteiger partial charge in [-0.25, -0.2) is 9.98 Å². The lowest BCUT2D eigenvalue weighted by molar-refractivity contribution is -0.147. The average molecular weight is 718 g/mol. The zero-order valence-corrected chi connectivity index (χ0v) is 29.8. The number of likely N-dealkylation sites (tertiary alicyclic amines) is 1. The van der Waals surface area contributed by atoms with Crippen LogP contribution in [0.2, 0.25) is 10.0 Å². The summed E-state index contributed by atoms with van der Waals surface area (Å²) < 4.78 is 6.60. The Balaban J connectivity index is 1.07. The molecule has 1 aromatic carbocycles. The second-order valence-electron chi connectivity index (χ2n) is 13.9. The lowest BCUT2D eigenvalue weighted by Crippen LogP contribution is -2.55. The molecule has 268 valence electrons. The molecule has 1 aromatic rings. The Hall–Kier alpha value is -2.58. The van der Waals surface area contributed by atoms with Crippen molar-refractivity contribution in [3.05, 3.63) is 45.5 Å². The molecule has 3 atom stereocenters. The van der Waals surface area contributed by atoms with Crippen molar-refractivity contribution in [1.29, 1.82) is 0 Å². The zero-order valence-electron chi connectivity index (χ0n) is 28.3. The van der Waals surface area contributed by atoms with E-state index in [9.17, 15) is 15.0 Å². The predicted octanol–water partition coefficient (Wildman–Crippen LogP) is 3.65. The second kappa shape index (κ2) is 17.1. The summed E-state index contributed by atoms with van der Waals surface area (Å²) in [6.07, 6.45) is 9.13. The van der Waals surface area contributed by atoms with Crippen molar-refractivity contribution >= 4 is 47.2 Å². The molecule has 12 nitrogen and oxygen atoms in total. The molecule has 4 aliphatic heterocycles. The first-order valence-corrected chi connectivity index (χ1v) is 18.5. The number of halogens is 2. The third-order valence-corrected chi connectivity index (χ3v) is 10.9. The van der Waals surface area contributed by atoms with Crippen LogP contribution in [0.1, 0.15) is 56.6 Å². The van der Waals surface area contributed by atoms with Gasteiger partial charge in [0.1, 0.15) is 6.10 Å². The molecule has 0 aromatic heterocycles. The van der Waals surface area contributed by atoms with Gasteiger partial charge in [-0.1, -0.05) is 28.8 Å². The van der Waals surface area contributed by atoms with E-state index in [0.29, 0.717) is 40.9 Å². The van der Waals surface area contributed by atoms with Gasteiger partial charge in [0.05, 0.1) is 12.0 Å². The minimum atomic E-state index is -0.674. The number of hydrogen-bond acceptors (Lipinski definition) is 11. The van der Waals surface area contributed by atoms with Gasteiger partial charge in [-0.2, -0.15) is 0 Å². The van der Waals surface area contributed by atoms with Crippen LogP contribution in [0.4, 0.5) is 0 Å². The standard InChI is InChI=1S/C35H50Cl2N8O4/c1-38-35(48)41-20-23-5-8-43(9-6-23)22-24-2-3-31(25-15-27(36)19-28(37)16-25)42-32(14-24)49-30-4-7-39-34(40-21-30)45-12-10-44(11-13-45)29-17-26(18-29)33(46)47/h14-16,19,21,23,26,29-31,35,38,41,48H,2-13,17-18,20,22H2,1H3,(H,46,47). The van der Waals surface area contributed by atoms with E-state index < -0.39 is 12.3 Å². The third-order valence-electron chi connectivity index (χ3n) is 10.5. The molecule has 4 N–H and O–H groups in total. The molecule has 49 heavy (non-hydrogen) atoms. The molecule has 0 bridgehead atoms. The molecule has 14 heteroatoms. The van der Waals surface area contributed by atoms with Gasteiger partial charge in [0.15, 0.2) is 6.35 Å². The largest absolute Gasteiger partial charge is 0.481 e. The van der Waals surface area contributed by atoms with Gasteiger partial charge in [0.2, 0.25) is 11.9 Å². The molecule has 0 spiro atoms. The highest BCUT2D eigenvalue weighted by atomic mass is 35.5. The van der Waals surface area contributed by atoms with Gasteiger partial charge in [-0.3, -0.25) is 30.2 Å². The molecule has 0 radical (unpaired) electrons. The number of nitrogens with one attached hydrogen (secondary N) is 2. The molecule has 3 fully saturated rings. The molecule has 5 aliphatic rings. The molecular weight excluding hydrogens is 667 g/mol. The number of aliphatic carboxylic acids is 1. The van der Waals surface area contributed by atoms with E-state index in [1.807, 2.05) is 18.3 Å². The number of piperazine rings is 1. The van der Waals surface area contributed by atoms with Crippen LogP contribution >= 0.6 is 23.2 Å². The van der Waals surface area contributed by atoms with Crippen LogP contribution in [0.15, 0.2) is 44.8 Å². The number of guanidine groups is 1. The fourth-order valence-corrected chi connectivity index (χ4v) is 7.94. The summed E-state index contributed by atoms with van der Waals surface area (Å²) in [6.45, 7) is 7.70. The molecular formula is C35H50Cl2N8O4. The number of benzene rings is 1. The van der Waals surface area contributed by atoms with Crippen molar-refractivity contribution in [3.8, 4) is 0 Å². The van der Waals surface area contributed by atoms with E-state index in [1.165, 1.54) is 5.57 Å². The molecule has 2 saturated heterocycles. The monoisotopic (exact) mass is 716 g/mol. The number of nitrogens with zero attached hydrogens (tertiary/aromatic N) is 6. The van der Waals surface area contributed by atoms with Crippen LogP contribution in [-0.2, 0) is 9.53 Å². The van der Waals surface area contributed by atoms with Gasteiger partial charge in [0.25, 0.3) is 0 Å². The van der Waals surface area contributed by atoms with E-state index in [1.54, 1.807) is 13.1 Å².